The van der Waals surface area contributed by atoms with Crippen LogP contribution < -0.4 is 10.1 Å². The van der Waals surface area contributed by atoms with Gasteiger partial charge in [-0.05, 0) is 38.9 Å². The van der Waals surface area contributed by atoms with Crippen LogP contribution in [0.1, 0.15) is 41.9 Å². The zero-order chi connectivity index (χ0) is 13.9. The van der Waals surface area contributed by atoms with E-state index in [2.05, 4.69) is 20.4 Å². The smallest absolute Gasteiger partial charge is 0.264 e. The van der Waals surface area contributed by atoms with Gasteiger partial charge in [-0.1, -0.05) is 5.16 Å². The number of ether oxygens (including phenoxy) is 1. The van der Waals surface area contributed by atoms with E-state index in [9.17, 15) is 0 Å². The molecule has 0 atom stereocenters. The maximum Gasteiger partial charge on any atom is 0.264 e. The fourth-order valence-electron chi connectivity index (χ4n) is 2.00. The minimum atomic E-state index is 0.279. The normalized spacial score (nSPS) is 14.5. The molecule has 0 aromatic carbocycles. The maximum atomic E-state index is 5.75. The van der Waals surface area contributed by atoms with Crippen molar-refractivity contribution in [2.45, 2.75) is 38.8 Å². The Morgan fingerprint density at radius 2 is 2.20 bits per heavy atom. The van der Waals surface area contributed by atoms with E-state index in [0.29, 0.717) is 18.4 Å². The Balaban J connectivity index is 1.67. The van der Waals surface area contributed by atoms with Crippen molar-refractivity contribution in [3.8, 4) is 5.75 Å². The molecule has 20 heavy (non-hydrogen) atoms. The highest BCUT2D eigenvalue weighted by atomic mass is 16.5. The zero-order valence-electron chi connectivity index (χ0n) is 11.7. The first-order chi connectivity index (χ1) is 9.76. The molecule has 0 spiro atoms. The van der Waals surface area contributed by atoms with Gasteiger partial charge in [0.05, 0.1) is 5.69 Å². The number of aryl methyl sites for hydroxylation is 1. The monoisotopic (exact) mass is 274 g/mol. The van der Waals surface area contributed by atoms with Crippen molar-refractivity contribution in [1.29, 1.82) is 0 Å². The van der Waals surface area contributed by atoms with Gasteiger partial charge in [-0.15, -0.1) is 0 Å². The van der Waals surface area contributed by atoms with E-state index >= 15 is 0 Å². The zero-order valence-corrected chi connectivity index (χ0v) is 11.7. The molecule has 6 heteroatoms. The highest BCUT2D eigenvalue weighted by Gasteiger charge is 2.28. The number of rotatable bonds is 6. The van der Waals surface area contributed by atoms with Crippen molar-refractivity contribution in [1.82, 2.24) is 20.4 Å². The van der Waals surface area contributed by atoms with Crippen LogP contribution in [0.3, 0.4) is 0 Å². The molecule has 1 fully saturated rings. The molecule has 0 amide bonds. The lowest BCUT2D eigenvalue weighted by atomic mass is 10.3. The number of hydrogen-bond donors (Lipinski definition) is 1. The minimum Gasteiger partial charge on any atom is -0.482 e. The van der Waals surface area contributed by atoms with E-state index < -0.39 is 0 Å². The Morgan fingerprint density at radius 1 is 1.35 bits per heavy atom. The molecular formula is C14H18N4O2. The summed E-state index contributed by atoms with van der Waals surface area (Å²) in [5.74, 6) is 2.56. The molecule has 106 valence electrons. The van der Waals surface area contributed by atoms with Crippen LogP contribution in [-0.2, 0) is 13.2 Å². The summed E-state index contributed by atoms with van der Waals surface area (Å²) in [6.07, 6.45) is 2.32. The maximum absolute atomic E-state index is 5.75. The minimum absolute atomic E-state index is 0.279. The van der Waals surface area contributed by atoms with Crippen LogP contribution in [0.4, 0.5) is 0 Å². The van der Waals surface area contributed by atoms with Crippen molar-refractivity contribution >= 4 is 0 Å². The van der Waals surface area contributed by atoms with Gasteiger partial charge in [0, 0.05) is 18.2 Å². The topological polar surface area (TPSA) is 73.1 Å². The van der Waals surface area contributed by atoms with Crippen LogP contribution >= 0.6 is 0 Å². The van der Waals surface area contributed by atoms with Crippen molar-refractivity contribution in [3.05, 3.63) is 35.2 Å². The molecule has 2 heterocycles. The van der Waals surface area contributed by atoms with Gasteiger partial charge < -0.3 is 14.6 Å². The Hall–Kier alpha value is -1.95. The predicted molar refractivity (Wildman–Crippen MR) is 72.3 cm³/mol. The van der Waals surface area contributed by atoms with Gasteiger partial charge >= 0.3 is 0 Å². The summed E-state index contributed by atoms with van der Waals surface area (Å²) in [5.41, 5.74) is 1.85. The van der Waals surface area contributed by atoms with Gasteiger partial charge in [-0.2, -0.15) is 4.98 Å². The molecule has 0 radical (unpaired) electrons. The summed E-state index contributed by atoms with van der Waals surface area (Å²) < 4.78 is 10.9. The molecule has 1 aliphatic rings. The molecule has 0 aliphatic heterocycles. The van der Waals surface area contributed by atoms with Crippen LogP contribution in [0.2, 0.25) is 0 Å². The SMILES string of the molecule is CNCc1nc(C)ccc1OCc1nc(C2CC2)no1. The number of hydrogen-bond acceptors (Lipinski definition) is 6. The van der Waals surface area contributed by atoms with E-state index in [1.54, 1.807) is 0 Å². The summed E-state index contributed by atoms with van der Waals surface area (Å²) in [5, 5.41) is 7.05. The Labute approximate surface area is 117 Å². The molecule has 6 nitrogen and oxygen atoms in total. The molecular weight excluding hydrogens is 256 g/mol. The lowest BCUT2D eigenvalue weighted by molar-refractivity contribution is 0.239. The first kappa shape index (κ1) is 13.1. The van der Waals surface area contributed by atoms with Gasteiger partial charge in [-0.3, -0.25) is 4.98 Å². The molecule has 1 aliphatic carbocycles. The molecule has 2 aromatic heterocycles. The molecule has 1 saturated carbocycles. The Bertz CT molecular complexity index is 593. The summed E-state index contributed by atoms with van der Waals surface area (Å²) >= 11 is 0. The second kappa shape index (κ2) is 5.58. The first-order valence-electron chi connectivity index (χ1n) is 6.82. The molecule has 0 saturated heterocycles. The van der Waals surface area contributed by atoms with Gasteiger partial charge in [0.1, 0.15) is 5.75 Å². The van der Waals surface area contributed by atoms with Crippen molar-refractivity contribution in [2.75, 3.05) is 7.05 Å². The van der Waals surface area contributed by atoms with E-state index in [-0.39, 0.29) is 6.61 Å². The van der Waals surface area contributed by atoms with Crippen molar-refractivity contribution < 1.29 is 9.26 Å². The third kappa shape index (κ3) is 2.96. The van der Waals surface area contributed by atoms with Crippen molar-refractivity contribution in [2.24, 2.45) is 0 Å². The second-order valence-electron chi connectivity index (χ2n) is 5.04. The summed E-state index contributed by atoms with van der Waals surface area (Å²) in [7, 11) is 1.88. The van der Waals surface area contributed by atoms with E-state index in [4.69, 9.17) is 9.26 Å². The highest BCUT2D eigenvalue weighted by Crippen LogP contribution is 2.38. The Morgan fingerprint density at radius 3 is 2.95 bits per heavy atom. The standard InChI is InChI=1S/C14H18N4O2/c1-9-3-6-12(11(16-9)7-15-2)19-8-13-17-14(18-20-13)10-4-5-10/h3,6,10,15H,4-5,7-8H2,1-2H3. The molecule has 2 aromatic rings. The van der Waals surface area contributed by atoms with Crippen LogP contribution in [-0.4, -0.2) is 22.2 Å². The number of nitrogens with one attached hydrogen (secondary N) is 1. The van der Waals surface area contributed by atoms with Gasteiger partial charge in [0.2, 0.25) is 0 Å². The highest BCUT2D eigenvalue weighted by molar-refractivity contribution is 5.29. The van der Waals surface area contributed by atoms with E-state index in [1.165, 1.54) is 0 Å². The second-order valence-corrected chi connectivity index (χ2v) is 5.04. The van der Waals surface area contributed by atoms with Crippen LogP contribution in [0.25, 0.3) is 0 Å². The predicted octanol–water partition coefficient (Wildman–Crippen LogP) is 1.95. The largest absolute Gasteiger partial charge is 0.482 e. The van der Waals surface area contributed by atoms with E-state index in [0.717, 1.165) is 35.8 Å². The number of nitrogens with zero attached hydrogens (tertiary/aromatic N) is 3. The van der Waals surface area contributed by atoms with Crippen molar-refractivity contribution in [3.63, 3.8) is 0 Å². The third-order valence-corrected chi connectivity index (χ3v) is 3.19. The fraction of sp³-hybridized carbons (Fsp3) is 0.500. The molecule has 1 N–H and O–H groups in total. The van der Waals surface area contributed by atoms with Crippen LogP contribution in [0.5, 0.6) is 5.75 Å². The van der Waals surface area contributed by atoms with Crippen LogP contribution in [0.15, 0.2) is 16.7 Å². The van der Waals surface area contributed by atoms with Gasteiger partial charge in [0.25, 0.3) is 5.89 Å². The average molecular weight is 274 g/mol. The summed E-state index contributed by atoms with van der Waals surface area (Å²) in [6, 6.07) is 3.85. The van der Waals surface area contributed by atoms with Crippen LogP contribution in [0, 0.1) is 6.92 Å². The van der Waals surface area contributed by atoms with E-state index in [1.807, 2.05) is 26.1 Å². The van der Waals surface area contributed by atoms with Gasteiger partial charge in [-0.25, -0.2) is 0 Å². The lowest BCUT2D eigenvalue weighted by Crippen LogP contribution is -2.10. The molecule has 3 rings (SSSR count). The summed E-state index contributed by atoms with van der Waals surface area (Å²) in [4.78, 5) is 8.81. The average Bonchev–Trinajstić information content (AvgIpc) is 3.18. The first-order valence-corrected chi connectivity index (χ1v) is 6.82. The molecule has 0 unspecified atom stereocenters. The summed E-state index contributed by atoms with van der Waals surface area (Å²) in [6.45, 7) is 2.90. The third-order valence-electron chi connectivity index (χ3n) is 3.19. The van der Waals surface area contributed by atoms with Gasteiger partial charge in [0.15, 0.2) is 12.4 Å². The molecule has 0 bridgehead atoms. The number of pyridine rings is 1. The number of aromatic nitrogens is 3. The quantitative estimate of drug-likeness (QED) is 0.868. The fourth-order valence-corrected chi connectivity index (χ4v) is 2.00. The Kier molecular flexibility index (Phi) is 3.64. The lowest BCUT2D eigenvalue weighted by Gasteiger charge is -2.09.